The average Bonchev–Trinajstić information content (AvgIpc) is 2.63. The second kappa shape index (κ2) is 3.53. The van der Waals surface area contributed by atoms with E-state index in [4.69, 9.17) is 0 Å². The van der Waals surface area contributed by atoms with Gasteiger partial charge in [-0.25, -0.2) is 9.37 Å². The van der Waals surface area contributed by atoms with Crippen LogP contribution < -0.4 is 5.32 Å². The van der Waals surface area contributed by atoms with Gasteiger partial charge in [0.05, 0.1) is 10.2 Å². The van der Waals surface area contributed by atoms with E-state index in [2.05, 4.69) is 10.3 Å². The van der Waals surface area contributed by atoms with Crippen LogP contribution in [0, 0.1) is 5.82 Å². The van der Waals surface area contributed by atoms with E-state index < -0.39 is 0 Å². The molecule has 0 bridgehead atoms. The molecule has 0 spiro atoms. The first-order chi connectivity index (χ1) is 6.76. The van der Waals surface area contributed by atoms with Gasteiger partial charge >= 0.3 is 0 Å². The van der Waals surface area contributed by atoms with Gasteiger partial charge in [-0.1, -0.05) is 24.3 Å². The fourth-order valence-corrected chi connectivity index (χ4v) is 2.29. The molecule has 1 heterocycles. The van der Waals surface area contributed by atoms with Gasteiger partial charge in [0.2, 0.25) is 0 Å². The molecule has 2 rings (SSSR count). The zero-order chi connectivity index (χ0) is 10.1. The second-order valence-corrected chi connectivity index (χ2v) is 4.01. The highest BCUT2D eigenvalue weighted by Gasteiger charge is 2.10. The minimum Gasteiger partial charge on any atom is -0.365 e. The third kappa shape index (κ3) is 1.35. The van der Waals surface area contributed by atoms with Crippen LogP contribution >= 0.6 is 11.3 Å². The van der Waals surface area contributed by atoms with Crippen LogP contribution in [-0.4, -0.2) is 12.0 Å². The van der Waals surface area contributed by atoms with Crippen molar-refractivity contribution in [2.24, 2.45) is 0 Å². The van der Waals surface area contributed by atoms with E-state index in [0.29, 0.717) is 4.70 Å². The summed E-state index contributed by atoms with van der Waals surface area (Å²) >= 11 is 1.36. The number of fused-ring (bicyclic) bond motifs is 1. The van der Waals surface area contributed by atoms with Crippen molar-refractivity contribution in [1.29, 1.82) is 0 Å². The summed E-state index contributed by atoms with van der Waals surface area (Å²) in [6.07, 6.45) is 0.879. The minimum absolute atomic E-state index is 0.184. The number of nitrogens with one attached hydrogen (secondary N) is 1. The summed E-state index contributed by atoms with van der Waals surface area (Å²) in [5, 5.41) is 3.70. The largest absolute Gasteiger partial charge is 0.365 e. The molecule has 1 aromatic heterocycles. The van der Waals surface area contributed by atoms with E-state index >= 15 is 0 Å². The van der Waals surface area contributed by atoms with Crippen molar-refractivity contribution in [2.45, 2.75) is 13.3 Å². The van der Waals surface area contributed by atoms with Crippen LogP contribution in [-0.2, 0) is 6.42 Å². The Labute approximate surface area is 85.8 Å². The summed E-state index contributed by atoms with van der Waals surface area (Å²) in [4.78, 5) is 4.33. The summed E-state index contributed by atoms with van der Waals surface area (Å²) in [5.74, 6) is -0.184. The first-order valence-electron chi connectivity index (χ1n) is 4.52. The number of aryl methyl sites for hydroxylation is 1. The maximum atomic E-state index is 13.4. The molecule has 0 atom stereocenters. The predicted octanol–water partition coefficient (Wildman–Crippen LogP) is 3.04. The predicted molar refractivity (Wildman–Crippen MR) is 58.5 cm³/mol. The van der Waals surface area contributed by atoms with Crippen molar-refractivity contribution in [1.82, 2.24) is 4.98 Å². The molecule has 4 heteroatoms. The van der Waals surface area contributed by atoms with Gasteiger partial charge in [0, 0.05) is 7.05 Å². The molecule has 74 valence electrons. The summed E-state index contributed by atoms with van der Waals surface area (Å²) in [5.41, 5.74) is 1.89. The first kappa shape index (κ1) is 9.40. The summed E-state index contributed by atoms with van der Waals surface area (Å²) < 4.78 is 14.0. The zero-order valence-electron chi connectivity index (χ0n) is 8.10. The van der Waals surface area contributed by atoms with Gasteiger partial charge in [0.1, 0.15) is 5.82 Å². The Kier molecular flexibility index (Phi) is 2.37. The standard InChI is InChI=1S/C10H11FN2S/c1-3-6-4-5-7(11)9-8(6)13-10(12-2)14-9/h4-5H,3H2,1-2H3,(H,12,13). The number of thiazole rings is 1. The molecule has 0 saturated carbocycles. The van der Waals surface area contributed by atoms with Crippen LogP contribution in [0.5, 0.6) is 0 Å². The van der Waals surface area contributed by atoms with Gasteiger partial charge in [-0.15, -0.1) is 0 Å². The van der Waals surface area contributed by atoms with Gasteiger partial charge in [-0.3, -0.25) is 0 Å². The quantitative estimate of drug-likeness (QED) is 0.824. The van der Waals surface area contributed by atoms with Gasteiger partial charge in [0.25, 0.3) is 0 Å². The number of aromatic nitrogens is 1. The lowest BCUT2D eigenvalue weighted by Crippen LogP contribution is -1.87. The van der Waals surface area contributed by atoms with Gasteiger partial charge in [-0.2, -0.15) is 0 Å². The third-order valence-electron chi connectivity index (χ3n) is 2.17. The maximum absolute atomic E-state index is 13.4. The molecule has 0 aliphatic carbocycles. The highest BCUT2D eigenvalue weighted by Crippen LogP contribution is 2.30. The highest BCUT2D eigenvalue weighted by atomic mass is 32.1. The van der Waals surface area contributed by atoms with E-state index in [9.17, 15) is 4.39 Å². The molecule has 0 amide bonds. The van der Waals surface area contributed by atoms with E-state index in [0.717, 1.165) is 22.6 Å². The van der Waals surface area contributed by atoms with Crippen molar-refractivity contribution in [3.05, 3.63) is 23.5 Å². The van der Waals surface area contributed by atoms with Crippen LogP contribution in [0.25, 0.3) is 10.2 Å². The molecule has 2 aromatic rings. The van der Waals surface area contributed by atoms with Crippen LogP contribution in [0.1, 0.15) is 12.5 Å². The molecule has 0 saturated heterocycles. The number of nitrogens with zero attached hydrogens (tertiary/aromatic N) is 1. The summed E-state index contributed by atoms with van der Waals surface area (Å²) in [7, 11) is 1.79. The summed E-state index contributed by atoms with van der Waals surface area (Å²) in [6.45, 7) is 2.05. The monoisotopic (exact) mass is 210 g/mol. The highest BCUT2D eigenvalue weighted by molar-refractivity contribution is 7.22. The Hall–Kier alpha value is -1.16. The number of anilines is 1. The lowest BCUT2D eigenvalue weighted by atomic mass is 10.1. The Bertz CT molecular complexity index is 464. The lowest BCUT2D eigenvalue weighted by Gasteiger charge is -1.97. The average molecular weight is 210 g/mol. The van der Waals surface area contributed by atoms with Crippen molar-refractivity contribution in [2.75, 3.05) is 12.4 Å². The van der Waals surface area contributed by atoms with Crippen molar-refractivity contribution in [3.8, 4) is 0 Å². The molecule has 0 aliphatic rings. The number of benzene rings is 1. The fourth-order valence-electron chi connectivity index (χ4n) is 1.42. The van der Waals surface area contributed by atoms with Crippen molar-refractivity contribution >= 4 is 26.7 Å². The van der Waals surface area contributed by atoms with Crippen molar-refractivity contribution < 1.29 is 4.39 Å². The molecule has 0 unspecified atom stereocenters. The number of rotatable bonds is 2. The molecule has 0 fully saturated rings. The van der Waals surface area contributed by atoms with Crippen LogP contribution in [0.3, 0.4) is 0 Å². The molecule has 2 nitrogen and oxygen atoms in total. The Morgan fingerprint density at radius 2 is 2.29 bits per heavy atom. The second-order valence-electron chi connectivity index (χ2n) is 3.01. The number of halogens is 1. The molecular weight excluding hydrogens is 199 g/mol. The Morgan fingerprint density at radius 1 is 1.50 bits per heavy atom. The van der Waals surface area contributed by atoms with E-state index in [1.54, 1.807) is 13.1 Å². The smallest absolute Gasteiger partial charge is 0.183 e. The summed E-state index contributed by atoms with van der Waals surface area (Å²) in [6, 6.07) is 3.32. The van der Waals surface area contributed by atoms with Gasteiger partial charge < -0.3 is 5.32 Å². The Balaban J connectivity index is 2.74. The zero-order valence-corrected chi connectivity index (χ0v) is 8.91. The minimum atomic E-state index is -0.184. The molecule has 0 aliphatic heterocycles. The van der Waals surface area contributed by atoms with E-state index in [1.165, 1.54) is 17.4 Å². The van der Waals surface area contributed by atoms with Crippen LogP contribution in [0.15, 0.2) is 12.1 Å². The molecule has 1 aromatic carbocycles. The molecule has 0 radical (unpaired) electrons. The van der Waals surface area contributed by atoms with Crippen LogP contribution in [0.2, 0.25) is 0 Å². The molecule has 14 heavy (non-hydrogen) atoms. The van der Waals surface area contributed by atoms with Crippen molar-refractivity contribution in [3.63, 3.8) is 0 Å². The molecular formula is C10H11FN2S. The SMILES string of the molecule is CCc1ccc(F)c2sc(NC)nc12. The lowest BCUT2D eigenvalue weighted by molar-refractivity contribution is 0.641. The van der Waals surface area contributed by atoms with E-state index in [1.807, 2.05) is 6.92 Å². The molecule has 1 N–H and O–H groups in total. The third-order valence-corrected chi connectivity index (χ3v) is 3.26. The maximum Gasteiger partial charge on any atom is 0.183 e. The van der Waals surface area contributed by atoms with Crippen LogP contribution in [0.4, 0.5) is 9.52 Å². The topological polar surface area (TPSA) is 24.9 Å². The first-order valence-corrected chi connectivity index (χ1v) is 5.33. The fraction of sp³-hybridized carbons (Fsp3) is 0.300. The number of hydrogen-bond donors (Lipinski definition) is 1. The normalized spacial score (nSPS) is 10.8. The number of hydrogen-bond acceptors (Lipinski definition) is 3. The Morgan fingerprint density at radius 3 is 2.93 bits per heavy atom. The van der Waals surface area contributed by atoms with E-state index in [-0.39, 0.29) is 5.82 Å². The van der Waals surface area contributed by atoms with Gasteiger partial charge in [0.15, 0.2) is 5.13 Å². The van der Waals surface area contributed by atoms with Gasteiger partial charge in [-0.05, 0) is 18.1 Å².